The van der Waals surface area contributed by atoms with E-state index in [2.05, 4.69) is 10.3 Å². The zero-order chi connectivity index (χ0) is 12.3. The molecule has 0 amide bonds. The maximum atomic E-state index is 9.89. The van der Waals surface area contributed by atoms with Crippen LogP contribution in [0.4, 0.5) is 11.5 Å². The molecule has 17 heavy (non-hydrogen) atoms. The van der Waals surface area contributed by atoms with E-state index in [1.807, 2.05) is 35.9 Å². The summed E-state index contributed by atoms with van der Waals surface area (Å²) in [6.07, 6.45) is -0.513. The molecule has 0 aliphatic heterocycles. The molecule has 2 aromatic heterocycles. The summed E-state index contributed by atoms with van der Waals surface area (Å²) < 4.78 is 0. The van der Waals surface area contributed by atoms with E-state index < -0.39 is 6.10 Å². The molecule has 0 spiro atoms. The Hall–Kier alpha value is -1.59. The first-order chi connectivity index (χ1) is 8.16. The highest BCUT2D eigenvalue weighted by atomic mass is 32.1. The number of nitrogen functional groups attached to an aromatic ring is 1. The molecule has 4 N–H and O–H groups in total. The van der Waals surface area contributed by atoms with Crippen LogP contribution in [0.5, 0.6) is 0 Å². The Labute approximate surface area is 104 Å². The summed E-state index contributed by atoms with van der Waals surface area (Å²) in [5, 5.41) is 16.9. The molecule has 5 heteroatoms. The first-order valence-electron chi connectivity index (χ1n) is 5.34. The van der Waals surface area contributed by atoms with E-state index in [0.717, 1.165) is 17.1 Å². The van der Waals surface area contributed by atoms with Crippen molar-refractivity contribution in [1.82, 2.24) is 4.98 Å². The van der Waals surface area contributed by atoms with Gasteiger partial charge in [-0.1, -0.05) is 0 Å². The number of hydrogen-bond acceptors (Lipinski definition) is 5. The molecule has 2 rings (SSSR count). The Morgan fingerprint density at radius 3 is 2.94 bits per heavy atom. The number of rotatable bonds is 4. The van der Waals surface area contributed by atoms with Crippen LogP contribution in [0.15, 0.2) is 29.0 Å². The summed E-state index contributed by atoms with van der Waals surface area (Å²) in [6.45, 7) is 2.29. The second-order valence-corrected chi connectivity index (χ2v) is 4.60. The van der Waals surface area contributed by atoms with Crippen molar-refractivity contribution in [3.63, 3.8) is 0 Å². The Balaban J connectivity index is 1.96. The van der Waals surface area contributed by atoms with Crippen LogP contribution < -0.4 is 11.1 Å². The van der Waals surface area contributed by atoms with E-state index in [1.54, 1.807) is 11.3 Å². The van der Waals surface area contributed by atoms with Crippen LogP contribution in [-0.4, -0.2) is 16.6 Å². The fourth-order valence-corrected chi connectivity index (χ4v) is 2.16. The van der Waals surface area contributed by atoms with Gasteiger partial charge in [0, 0.05) is 6.54 Å². The van der Waals surface area contributed by atoms with Gasteiger partial charge < -0.3 is 16.2 Å². The molecule has 2 aromatic rings. The maximum absolute atomic E-state index is 9.89. The van der Waals surface area contributed by atoms with Gasteiger partial charge in [-0.3, -0.25) is 0 Å². The fraction of sp³-hybridized carbons (Fsp3) is 0.250. The van der Waals surface area contributed by atoms with Crippen LogP contribution in [0.3, 0.4) is 0 Å². The molecule has 0 radical (unpaired) electrons. The number of pyridine rings is 1. The average Bonchev–Trinajstić information content (AvgIpc) is 2.84. The van der Waals surface area contributed by atoms with Gasteiger partial charge >= 0.3 is 0 Å². The van der Waals surface area contributed by atoms with Gasteiger partial charge in [-0.15, -0.1) is 0 Å². The lowest BCUT2D eigenvalue weighted by Crippen LogP contribution is -2.12. The SMILES string of the molecule is Cc1nc(NCC(O)c2ccsc2)ccc1N. The molecule has 0 saturated carbocycles. The monoisotopic (exact) mass is 249 g/mol. The number of aryl methyl sites for hydroxylation is 1. The molecule has 2 heterocycles. The lowest BCUT2D eigenvalue weighted by Gasteiger charge is -2.11. The number of nitrogens with one attached hydrogen (secondary N) is 1. The first kappa shape index (κ1) is 11.9. The second kappa shape index (κ2) is 5.16. The summed E-state index contributed by atoms with van der Waals surface area (Å²) in [6, 6.07) is 5.53. The van der Waals surface area contributed by atoms with Crippen molar-refractivity contribution >= 4 is 22.8 Å². The van der Waals surface area contributed by atoms with Crippen LogP contribution in [0.25, 0.3) is 0 Å². The number of nitrogens with zero attached hydrogens (tertiary/aromatic N) is 1. The second-order valence-electron chi connectivity index (χ2n) is 3.82. The minimum Gasteiger partial charge on any atom is -0.397 e. The molecule has 1 unspecified atom stereocenters. The van der Waals surface area contributed by atoms with Crippen molar-refractivity contribution in [3.05, 3.63) is 40.2 Å². The minimum absolute atomic E-state index is 0.438. The van der Waals surface area contributed by atoms with Crippen LogP contribution in [-0.2, 0) is 0 Å². The van der Waals surface area contributed by atoms with Crippen molar-refractivity contribution in [2.75, 3.05) is 17.6 Å². The van der Waals surface area contributed by atoms with Crippen LogP contribution in [0.1, 0.15) is 17.4 Å². The molecular formula is C12H15N3OS. The molecule has 0 aliphatic rings. The van der Waals surface area contributed by atoms with Crippen molar-refractivity contribution < 1.29 is 5.11 Å². The number of aromatic nitrogens is 1. The summed E-state index contributed by atoms with van der Waals surface area (Å²) in [4.78, 5) is 4.28. The molecule has 1 atom stereocenters. The molecule has 0 saturated heterocycles. The van der Waals surface area contributed by atoms with Gasteiger partial charge in [0.2, 0.25) is 0 Å². The highest BCUT2D eigenvalue weighted by Crippen LogP contribution is 2.17. The molecule has 0 bridgehead atoms. The highest BCUT2D eigenvalue weighted by Gasteiger charge is 2.07. The van der Waals surface area contributed by atoms with Gasteiger partial charge in [-0.25, -0.2) is 4.98 Å². The summed E-state index contributed by atoms with van der Waals surface area (Å²) >= 11 is 1.57. The molecule has 0 fully saturated rings. The third-order valence-electron chi connectivity index (χ3n) is 2.53. The van der Waals surface area contributed by atoms with Crippen LogP contribution in [0.2, 0.25) is 0 Å². The quantitative estimate of drug-likeness (QED) is 0.776. The normalized spacial score (nSPS) is 12.4. The van der Waals surface area contributed by atoms with E-state index in [9.17, 15) is 5.11 Å². The predicted molar refractivity (Wildman–Crippen MR) is 71.2 cm³/mol. The Bertz CT molecular complexity index is 485. The Kier molecular flexibility index (Phi) is 3.61. The number of aliphatic hydroxyl groups excluding tert-OH is 1. The largest absolute Gasteiger partial charge is 0.397 e. The van der Waals surface area contributed by atoms with Crippen molar-refractivity contribution in [2.24, 2.45) is 0 Å². The van der Waals surface area contributed by atoms with Gasteiger partial charge in [0.05, 0.1) is 17.5 Å². The van der Waals surface area contributed by atoms with Crippen molar-refractivity contribution in [2.45, 2.75) is 13.0 Å². The number of nitrogens with two attached hydrogens (primary N) is 1. The number of anilines is 2. The summed E-state index contributed by atoms with van der Waals surface area (Å²) in [5.41, 5.74) is 8.08. The summed E-state index contributed by atoms with van der Waals surface area (Å²) in [5.74, 6) is 0.728. The Morgan fingerprint density at radius 2 is 2.29 bits per heavy atom. The number of aliphatic hydroxyl groups is 1. The number of thiophene rings is 1. The van der Waals surface area contributed by atoms with Crippen LogP contribution >= 0.6 is 11.3 Å². The first-order valence-corrected chi connectivity index (χ1v) is 6.28. The van der Waals surface area contributed by atoms with Gasteiger partial charge in [-0.05, 0) is 41.4 Å². The van der Waals surface area contributed by atoms with Crippen molar-refractivity contribution in [1.29, 1.82) is 0 Å². The van der Waals surface area contributed by atoms with E-state index in [4.69, 9.17) is 5.73 Å². The summed E-state index contributed by atoms with van der Waals surface area (Å²) in [7, 11) is 0. The van der Waals surface area contributed by atoms with E-state index in [-0.39, 0.29) is 0 Å². The van der Waals surface area contributed by atoms with E-state index >= 15 is 0 Å². The molecule has 0 aromatic carbocycles. The van der Waals surface area contributed by atoms with Crippen molar-refractivity contribution in [3.8, 4) is 0 Å². The average molecular weight is 249 g/mol. The third kappa shape index (κ3) is 2.95. The molecular weight excluding hydrogens is 234 g/mol. The molecule has 0 aliphatic carbocycles. The lowest BCUT2D eigenvalue weighted by molar-refractivity contribution is 0.192. The maximum Gasteiger partial charge on any atom is 0.126 e. The number of hydrogen-bond donors (Lipinski definition) is 3. The topological polar surface area (TPSA) is 71.2 Å². The zero-order valence-corrected chi connectivity index (χ0v) is 10.4. The predicted octanol–water partition coefficient (Wildman–Crippen LogP) is 2.18. The molecule has 4 nitrogen and oxygen atoms in total. The third-order valence-corrected chi connectivity index (χ3v) is 3.23. The molecule has 90 valence electrons. The van der Waals surface area contributed by atoms with Gasteiger partial charge in [0.15, 0.2) is 0 Å². The zero-order valence-electron chi connectivity index (χ0n) is 9.55. The standard InChI is InChI=1S/C12H15N3OS/c1-8-10(13)2-3-12(15-8)14-6-11(16)9-4-5-17-7-9/h2-5,7,11,16H,6,13H2,1H3,(H,14,15). The van der Waals surface area contributed by atoms with Gasteiger partial charge in [0.25, 0.3) is 0 Å². The van der Waals surface area contributed by atoms with Gasteiger partial charge in [-0.2, -0.15) is 11.3 Å². The Morgan fingerprint density at radius 1 is 1.47 bits per heavy atom. The minimum atomic E-state index is -0.513. The van der Waals surface area contributed by atoms with Crippen LogP contribution in [0, 0.1) is 6.92 Å². The smallest absolute Gasteiger partial charge is 0.126 e. The highest BCUT2D eigenvalue weighted by molar-refractivity contribution is 7.07. The fourth-order valence-electron chi connectivity index (χ4n) is 1.45. The van der Waals surface area contributed by atoms with E-state index in [0.29, 0.717) is 12.2 Å². The lowest BCUT2D eigenvalue weighted by atomic mass is 10.2. The van der Waals surface area contributed by atoms with Gasteiger partial charge in [0.1, 0.15) is 5.82 Å². The van der Waals surface area contributed by atoms with E-state index in [1.165, 1.54) is 0 Å².